The van der Waals surface area contributed by atoms with E-state index in [4.69, 9.17) is 10.5 Å². The standard InChI is InChI=1S/C20H19NO2/c1-2-12-23-18-11-10-14-6-3-4-9-17(14)19(18)20(22)15-7-5-8-16(21)13-15/h3-11,13H,2,12,21H2,1H3. The molecule has 0 saturated heterocycles. The lowest BCUT2D eigenvalue weighted by atomic mass is 9.96. The van der Waals surface area contributed by atoms with E-state index in [0.29, 0.717) is 29.2 Å². The van der Waals surface area contributed by atoms with E-state index in [1.54, 1.807) is 24.3 Å². The number of nitrogens with two attached hydrogens (primary N) is 1. The van der Waals surface area contributed by atoms with Crippen LogP contribution in [0, 0.1) is 0 Å². The molecule has 0 spiro atoms. The number of anilines is 1. The van der Waals surface area contributed by atoms with Crippen LogP contribution in [0.25, 0.3) is 10.8 Å². The fraction of sp³-hybridized carbons (Fsp3) is 0.150. The highest BCUT2D eigenvalue weighted by molar-refractivity contribution is 6.18. The molecule has 23 heavy (non-hydrogen) atoms. The Morgan fingerprint density at radius 3 is 2.65 bits per heavy atom. The van der Waals surface area contributed by atoms with Gasteiger partial charge in [-0.15, -0.1) is 0 Å². The zero-order valence-corrected chi connectivity index (χ0v) is 13.1. The molecule has 3 aromatic rings. The summed E-state index contributed by atoms with van der Waals surface area (Å²) in [6.07, 6.45) is 0.888. The molecular formula is C20H19NO2. The molecular weight excluding hydrogens is 286 g/mol. The van der Waals surface area contributed by atoms with Gasteiger partial charge >= 0.3 is 0 Å². The first-order valence-electron chi connectivity index (χ1n) is 7.75. The lowest BCUT2D eigenvalue weighted by Crippen LogP contribution is -2.07. The first kappa shape index (κ1) is 15.1. The molecule has 0 atom stereocenters. The molecule has 2 N–H and O–H groups in total. The highest BCUT2D eigenvalue weighted by atomic mass is 16.5. The summed E-state index contributed by atoms with van der Waals surface area (Å²) in [7, 11) is 0. The van der Waals surface area contributed by atoms with Crippen LogP contribution in [0.4, 0.5) is 5.69 Å². The summed E-state index contributed by atoms with van der Waals surface area (Å²) in [5.41, 5.74) is 7.57. The number of nitrogen functional groups attached to an aromatic ring is 1. The van der Waals surface area contributed by atoms with Crippen LogP contribution in [0.5, 0.6) is 5.75 Å². The van der Waals surface area contributed by atoms with Gasteiger partial charge in [-0.2, -0.15) is 0 Å². The average Bonchev–Trinajstić information content (AvgIpc) is 2.58. The number of benzene rings is 3. The van der Waals surface area contributed by atoms with Crippen molar-refractivity contribution in [3.63, 3.8) is 0 Å². The predicted octanol–water partition coefficient (Wildman–Crippen LogP) is 4.44. The fourth-order valence-electron chi connectivity index (χ4n) is 2.64. The molecule has 0 saturated carbocycles. The molecule has 0 aromatic heterocycles. The van der Waals surface area contributed by atoms with Gasteiger partial charge in [0.1, 0.15) is 5.75 Å². The van der Waals surface area contributed by atoms with E-state index in [0.717, 1.165) is 17.2 Å². The van der Waals surface area contributed by atoms with Gasteiger partial charge in [0.25, 0.3) is 0 Å². The molecule has 3 rings (SSSR count). The van der Waals surface area contributed by atoms with Crippen LogP contribution in [0.3, 0.4) is 0 Å². The van der Waals surface area contributed by atoms with Gasteiger partial charge in [-0.1, -0.05) is 49.4 Å². The van der Waals surface area contributed by atoms with Crippen LogP contribution in [0.15, 0.2) is 60.7 Å². The quantitative estimate of drug-likeness (QED) is 0.560. The van der Waals surface area contributed by atoms with Crippen molar-refractivity contribution >= 4 is 22.2 Å². The molecule has 0 heterocycles. The number of carbonyl (C=O) groups excluding carboxylic acids is 1. The van der Waals surface area contributed by atoms with E-state index >= 15 is 0 Å². The summed E-state index contributed by atoms with van der Waals surface area (Å²) in [4.78, 5) is 13.1. The maximum atomic E-state index is 13.1. The average molecular weight is 305 g/mol. The maximum Gasteiger partial charge on any atom is 0.197 e. The molecule has 0 aliphatic heterocycles. The van der Waals surface area contributed by atoms with Crippen molar-refractivity contribution in [2.24, 2.45) is 0 Å². The monoisotopic (exact) mass is 305 g/mol. The van der Waals surface area contributed by atoms with Gasteiger partial charge in [-0.05, 0) is 35.4 Å². The number of fused-ring (bicyclic) bond motifs is 1. The van der Waals surface area contributed by atoms with Gasteiger partial charge < -0.3 is 10.5 Å². The Kier molecular flexibility index (Phi) is 4.29. The normalized spacial score (nSPS) is 10.7. The van der Waals surface area contributed by atoms with Crippen LogP contribution in [-0.4, -0.2) is 12.4 Å². The third-order valence-electron chi connectivity index (χ3n) is 3.73. The van der Waals surface area contributed by atoms with Crippen molar-refractivity contribution < 1.29 is 9.53 Å². The Labute approximate surface area is 135 Å². The molecule has 3 nitrogen and oxygen atoms in total. The summed E-state index contributed by atoms with van der Waals surface area (Å²) in [5, 5.41) is 1.91. The number of hydrogen-bond donors (Lipinski definition) is 1. The van der Waals surface area contributed by atoms with Crippen molar-refractivity contribution in [3.05, 3.63) is 71.8 Å². The predicted molar refractivity (Wildman–Crippen MR) is 94.0 cm³/mol. The second-order valence-electron chi connectivity index (χ2n) is 5.46. The Morgan fingerprint density at radius 1 is 1.04 bits per heavy atom. The summed E-state index contributed by atoms with van der Waals surface area (Å²) in [6, 6.07) is 18.7. The van der Waals surface area contributed by atoms with Crippen molar-refractivity contribution in [2.75, 3.05) is 12.3 Å². The van der Waals surface area contributed by atoms with Gasteiger partial charge in [-0.25, -0.2) is 0 Å². The second-order valence-corrected chi connectivity index (χ2v) is 5.46. The van der Waals surface area contributed by atoms with Gasteiger partial charge in [0, 0.05) is 11.3 Å². The molecule has 0 radical (unpaired) electrons. The number of hydrogen-bond acceptors (Lipinski definition) is 3. The van der Waals surface area contributed by atoms with Gasteiger partial charge in [0.2, 0.25) is 0 Å². The molecule has 0 bridgehead atoms. The van der Waals surface area contributed by atoms with E-state index in [9.17, 15) is 4.79 Å². The molecule has 3 aromatic carbocycles. The second kappa shape index (κ2) is 6.53. The maximum absolute atomic E-state index is 13.1. The Bertz CT molecular complexity index is 855. The van der Waals surface area contributed by atoms with Crippen molar-refractivity contribution in [2.45, 2.75) is 13.3 Å². The number of carbonyl (C=O) groups is 1. The van der Waals surface area contributed by atoms with Crippen LogP contribution >= 0.6 is 0 Å². The fourth-order valence-corrected chi connectivity index (χ4v) is 2.64. The first-order chi connectivity index (χ1) is 11.2. The minimum atomic E-state index is -0.0693. The zero-order chi connectivity index (χ0) is 16.2. The van der Waals surface area contributed by atoms with E-state index in [2.05, 4.69) is 0 Å². The van der Waals surface area contributed by atoms with E-state index in [1.807, 2.05) is 43.3 Å². The Balaban J connectivity index is 2.18. The molecule has 0 fully saturated rings. The highest BCUT2D eigenvalue weighted by Crippen LogP contribution is 2.30. The number of ketones is 1. The highest BCUT2D eigenvalue weighted by Gasteiger charge is 2.18. The summed E-state index contributed by atoms with van der Waals surface area (Å²) in [6.45, 7) is 2.62. The van der Waals surface area contributed by atoms with Gasteiger partial charge in [-0.3, -0.25) is 4.79 Å². The lowest BCUT2D eigenvalue weighted by molar-refractivity contribution is 0.103. The van der Waals surface area contributed by atoms with Crippen LogP contribution in [-0.2, 0) is 0 Å². The van der Waals surface area contributed by atoms with Crippen molar-refractivity contribution in [1.29, 1.82) is 0 Å². The molecule has 0 amide bonds. The summed E-state index contributed by atoms with van der Waals surface area (Å²) in [5.74, 6) is 0.554. The minimum absolute atomic E-state index is 0.0693. The minimum Gasteiger partial charge on any atom is -0.493 e. The molecule has 0 aliphatic rings. The van der Waals surface area contributed by atoms with Crippen LogP contribution in [0.1, 0.15) is 29.3 Å². The SMILES string of the molecule is CCCOc1ccc2ccccc2c1C(=O)c1cccc(N)c1. The van der Waals surface area contributed by atoms with Gasteiger partial charge in [0.15, 0.2) is 5.78 Å². The molecule has 0 unspecified atom stereocenters. The molecule has 0 aliphatic carbocycles. The molecule has 3 heteroatoms. The van der Waals surface area contributed by atoms with E-state index in [1.165, 1.54) is 0 Å². The van der Waals surface area contributed by atoms with Crippen molar-refractivity contribution in [1.82, 2.24) is 0 Å². The third-order valence-corrected chi connectivity index (χ3v) is 3.73. The van der Waals surface area contributed by atoms with E-state index in [-0.39, 0.29) is 5.78 Å². The van der Waals surface area contributed by atoms with E-state index < -0.39 is 0 Å². The van der Waals surface area contributed by atoms with Crippen LogP contribution < -0.4 is 10.5 Å². The third kappa shape index (κ3) is 3.04. The smallest absolute Gasteiger partial charge is 0.197 e. The Hall–Kier alpha value is -2.81. The topological polar surface area (TPSA) is 52.3 Å². The largest absolute Gasteiger partial charge is 0.493 e. The van der Waals surface area contributed by atoms with Crippen LogP contribution in [0.2, 0.25) is 0 Å². The Morgan fingerprint density at radius 2 is 1.87 bits per heavy atom. The number of rotatable bonds is 5. The zero-order valence-electron chi connectivity index (χ0n) is 13.1. The van der Waals surface area contributed by atoms with Gasteiger partial charge in [0.05, 0.1) is 12.2 Å². The lowest BCUT2D eigenvalue weighted by Gasteiger charge is -2.13. The van der Waals surface area contributed by atoms with Crippen molar-refractivity contribution in [3.8, 4) is 5.75 Å². The summed E-state index contributed by atoms with van der Waals surface area (Å²) >= 11 is 0. The first-order valence-corrected chi connectivity index (χ1v) is 7.75. The number of ether oxygens (including phenoxy) is 1. The summed E-state index contributed by atoms with van der Waals surface area (Å²) < 4.78 is 5.82. The molecule has 116 valence electrons.